The van der Waals surface area contributed by atoms with Gasteiger partial charge in [-0.2, -0.15) is 0 Å². The maximum absolute atomic E-state index is 12.1. The maximum Gasteiger partial charge on any atom is 0.239 e. The van der Waals surface area contributed by atoms with Crippen LogP contribution in [0.2, 0.25) is 0 Å². The summed E-state index contributed by atoms with van der Waals surface area (Å²) in [5, 5.41) is 2.96. The van der Waals surface area contributed by atoms with Gasteiger partial charge in [-0.3, -0.25) is 4.79 Å². The minimum Gasteiger partial charge on any atom is -0.393 e. The van der Waals surface area contributed by atoms with E-state index in [0.717, 1.165) is 5.69 Å². The number of hydrogen-bond donors (Lipinski definition) is 2. The predicted octanol–water partition coefficient (Wildman–Crippen LogP) is 2.08. The normalized spacial score (nSPS) is 10.9. The van der Waals surface area contributed by atoms with Crippen molar-refractivity contribution in [1.29, 1.82) is 0 Å². The number of thiocarbonyl (C=S) groups is 1. The van der Waals surface area contributed by atoms with Gasteiger partial charge in [0.1, 0.15) is 0 Å². The Morgan fingerprint density at radius 1 is 1.30 bits per heavy atom. The van der Waals surface area contributed by atoms with Gasteiger partial charge in [0.15, 0.2) is 0 Å². The Balaban J connectivity index is 2.73. The van der Waals surface area contributed by atoms with Crippen molar-refractivity contribution in [3.63, 3.8) is 0 Å². The lowest BCUT2D eigenvalue weighted by Gasteiger charge is -2.27. The topological polar surface area (TPSA) is 58.4 Å². The van der Waals surface area contributed by atoms with Crippen molar-refractivity contribution in [3.8, 4) is 0 Å². The van der Waals surface area contributed by atoms with Crippen LogP contribution in [0.15, 0.2) is 30.3 Å². The molecule has 3 N–H and O–H groups in total. The largest absolute Gasteiger partial charge is 0.393 e. The summed E-state index contributed by atoms with van der Waals surface area (Å²) in [6.45, 7) is 6.83. The fraction of sp³-hybridized carbons (Fsp3) is 0.467. The molecule has 1 aromatic rings. The number of benzene rings is 1. The summed E-state index contributed by atoms with van der Waals surface area (Å²) in [6.07, 6.45) is 0.590. The Morgan fingerprint density at radius 3 is 2.40 bits per heavy atom. The van der Waals surface area contributed by atoms with E-state index < -0.39 is 0 Å². The highest BCUT2D eigenvalue weighted by molar-refractivity contribution is 7.80. The summed E-state index contributed by atoms with van der Waals surface area (Å²) in [5.41, 5.74) is 6.32. The number of nitrogens with one attached hydrogen (secondary N) is 1. The summed E-state index contributed by atoms with van der Waals surface area (Å²) in [4.78, 5) is 14.5. The number of anilines is 1. The van der Waals surface area contributed by atoms with Crippen molar-refractivity contribution in [1.82, 2.24) is 5.32 Å². The molecule has 0 aliphatic rings. The van der Waals surface area contributed by atoms with Crippen LogP contribution in [0.5, 0.6) is 0 Å². The van der Waals surface area contributed by atoms with Crippen LogP contribution in [0, 0.1) is 0 Å². The number of amides is 1. The highest BCUT2D eigenvalue weighted by Crippen LogP contribution is 2.13. The van der Waals surface area contributed by atoms with Crippen LogP contribution >= 0.6 is 12.2 Å². The molecule has 0 aliphatic heterocycles. The van der Waals surface area contributed by atoms with Crippen LogP contribution in [0.3, 0.4) is 0 Å². The summed E-state index contributed by atoms with van der Waals surface area (Å²) < 4.78 is 0. The first-order valence-electron chi connectivity index (χ1n) is 6.67. The average molecular weight is 293 g/mol. The molecule has 1 rings (SSSR count). The predicted molar refractivity (Wildman–Crippen MR) is 88.0 cm³/mol. The van der Waals surface area contributed by atoms with E-state index in [1.165, 1.54) is 0 Å². The van der Waals surface area contributed by atoms with Crippen molar-refractivity contribution in [2.75, 3.05) is 18.0 Å². The van der Waals surface area contributed by atoms with Crippen LogP contribution in [0.1, 0.15) is 27.2 Å². The molecule has 0 fully saturated rings. The molecular weight excluding hydrogens is 270 g/mol. The maximum atomic E-state index is 12.1. The minimum absolute atomic E-state index is 0.00991. The Hall–Kier alpha value is -1.62. The third-order valence-corrected chi connectivity index (χ3v) is 2.80. The van der Waals surface area contributed by atoms with Gasteiger partial charge >= 0.3 is 0 Å². The molecule has 0 bridgehead atoms. The fourth-order valence-electron chi connectivity index (χ4n) is 1.81. The number of nitrogens with two attached hydrogens (primary N) is 1. The quantitative estimate of drug-likeness (QED) is 0.789. The van der Waals surface area contributed by atoms with Crippen LogP contribution in [0.4, 0.5) is 5.69 Å². The van der Waals surface area contributed by atoms with E-state index in [-0.39, 0.29) is 11.4 Å². The number of rotatable bonds is 6. The molecule has 0 saturated heterocycles. The van der Waals surface area contributed by atoms with Crippen LogP contribution < -0.4 is 16.0 Å². The molecule has 20 heavy (non-hydrogen) atoms. The van der Waals surface area contributed by atoms with Crippen molar-refractivity contribution in [3.05, 3.63) is 30.3 Å². The summed E-state index contributed by atoms with van der Waals surface area (Å²) in [5.74, 6) is -0.00991. The second-order valence-electron chi connectivity index (χ2n) is 5.77. The first-order valence-corrected chi connectivity index (χ1v) is 7.08. The SMILES string of the molecule is CC(C)(C)NC(=O)CN(CCC(N)=S)c1ccccc1. The van der Waals surface area contributed by atoms with E-state index in [1.807, 2.05) is 56.0 Å². The number of hydrogen-bond acceptors (Lipinski definition) is 3. The van der Waals surface area contributed by atoms with Crippen LogP contribution in [-0.4, -0.2) is 29.5 Å². The lowest BCUT2D eigenvalue weighted by Crippen LogP contribution is -2.46. The lowest BCUT2D eigenvalue weighted by molar-refractivity contribution is -0.121. The zero-order valence-electron chi connectivity index (χ0n) is 12.3. The second-order valence-corrected chi connectivity index (χ2v) is 6.30. The molecule has 0 unspecified atom stereocenters. The number of para-hydroxylation sites is 1. The summed E-state index contributed by atoms with van der Waals surface area (Å²) in [7, 11) is 0. The molecule has 1 aromatic carbocycles. The van der Waals surface area contributed by atoms with E-state index >= 15 is 0 Å². The van der Waals surface area contributed by atoms with Gasteiger partial charge < -0.3 is 16.0 Å². The van der Waals surface area contributed by atoms with Crippen molar-refractivity contribution < 1.29 is 4.79 Å². The molecule has 110 valence electrons. The molecule has 1 amide bonds. The van der Waals surface area contributed by atoms with E-state index in [2.05, 4.69) is 5.32 Å². The first-order chi connectivity index (χ1) is 9.28. The van der Waals surface area contributed by atoms with Gasteiger partial charge in [-0.1, -0.05) is 30.4 Å². The Morgan fingerprint density at radius 2 is 1.90 bits per heavy atom. The van der Waals surface area contributed by atoms with E-state index in [9.17, 15) is 4.79 Å². The average Bonchev–Trinajstić information content (AvgIpc) is 2.33. The van der Waals surface area contributed by atoms with Gasteiger partial charge in [-0.15, -0.1) is 0 Å². The monoisotopic (exact) mass is 293 g/mol. The van der Waals surface area contributed by atoms with Crippen molar-refractivity contribution >= 4 is 28.8 Å². The summed E-state index contributed by atoms with van der Waals surface area (Å²) in [6, 6.07) is 9.80. The van der Waals surface area contributed by atoms with Gasteiger partial charge in [0, 0.05) is 24.2 Å². The molecular formula is C15H23N3OS. The van der Waals surface area contributed by atoms with Gasteiger partial charge in [0.2, 0.25) is 5.91 Å². The molecule has 4 nitrogen and oxygen atoms in total. The fourth-order valence-corrected chi connectivity index (χ4v) is 1.91. The molecule has 0 aromatic heterocycles. The van der Waals surface area contributed by atoms with Crippen LogP contribution in [0.25, 0.3) is 0 Å². The number of carbonyl (C=O) groups is 1. The molecule has 0 saturated carbocycles. The standard InChI is InChI=1S/C15H23N3OS/c1-15(2,3)17-14(19)11-18(10-9-13(16)20)12-7-5-4-6-8-12/h4-8H,9-11H2,1-3H3,(H2,16,20)(H,17,19). The highest BCUT2D eigenvalue weighted by atomic mass is 32.1. The molecule has 0 atom stereocenters. The molecule has 0 heterocycles. The third kappa shape index (κ3) is 6.52. The van der Waals surface area contributed by atoms with Crippen molar-refractivity contribution in [2.24, 2.45) is 5.73 Å². The van der Waals surface area contributed by atoms with E-state index in [0.29, 0.717) is 24.5 Å². The van der Waals surface area contributed by atoms with Crippen molar-refractivity contribution in [2.45, 2.75) is 32.7 Å². The van der Waals surface area contributed by atoms with Gasteiger partial charge in [0.25, 0.3) is 0 Å². The first kappa shape index (κ1) is 16.4. The van der Waals surface area contributed by atoms with Crippen LogP contribution in [-0.2, 0) is 4.79 Å². The second kappa shape index (κ2) is 7.24. The summed E-state index contributed by atoms with van der Waals surface area (Å²) >= 11 is 4.92. The minimum atomic E-state index is -0.234. The smallest absolute Gasteiger partial charge is 0.239 e. The Labute approximate surface area is 126 Å². The number of carbonyl (C=O) groups excluding carboxylic acids is 1. The van der Waals surface area contributed by atoms with Gasteiger partial charge in [0.05, 0.1) is 11.5 Å². The third-order valence-electron chi connectivity index (χ3n) is 2.60. The Bertz CT molecular complexity index is 454. The van der Waals surface area contributed by atoms with Gasteiger partial charge in [-0.25, -0.2) is 0 Å². The molecule has 0 radical (unpaired) electrons. The zero-order valence-corrected chi connectivity index (χ0v) is 13.2. The highest BCUT2D eigenvalue weighted by Gasteiger charge is 2.17. The molecule has 0 aliphatic carbocycles. The molecule has 5 heteroatoms. The van der Waals surface area contributed by atoms with E-state index in [4.69, 9.17) is 18.0 Å². The molecule has 0 spiro atoms. The van der Waals surface area contributed by atoms with Gasteiger partial charge in [-0.05, 0) is 32.9 Å². The Kier molecular flexibility index (Phi) is 5.95. The van der Waals surface area contributed by atoms with E-state index in [1.54, 1.807) is 0 Å². The lowest BCUT2D eigenvalue weighted by atomic mass is 10.1. The number of nitrogens with zero attached hydrogens (tertiary/aromatic N) is 1. The zero-order chi connectivity index (χ0) is 15.2.